The van der Waals surface area contributed by atoms with Gasteiger partial charge in [0.05, 0.1) is 10.6 Å². The molecule has 3 aromatic rings. The van der Waals surface area contributed by atoms with Crippen molar-refractivity contribution >= 4 is 25.6 Å². The molecule has 1 aliphatic carbocycles. The first-order chi connectivity index (χ1) is 17.0. The van der Waals surface area contributed by atoms with Gasteiger partial charge in [-0.3, -0.25) is 9.13 Å². The Hall–Kier alpha value is -3.06. The van der Waals surface area contributed by atoms with Crippen molar-refractivity contribution < 1.29 is 18.2 Å². The molecule has 0 fully saturated rings. The van der Waals surface area contributed by atoms with Crippen LogP contribution < -0.4 is 14.4 Å². The fourth-order valence-corrected chi connectivity index (χ4v) is 10.8. The monoisotopic (exact) mass is 500 g/mol. The average molecular weight is 500 g/mol. The van der Waals surface area contributed by atoms with Gasteiger partial charge in [0.15, 0.2) is 0 Å². The normalized spacial score (nSPS) is 24.1. The lowest BCUT2D eigenvalue weighted by molar-refractivity contribution is 0.479. The van der Waals surface area contributed by atoms with Crippen LogP contribution in [0.1, 0.15) is 25.3 Å². The van der Waals surface area contributed by atoms with E-state index in [1.807, 2.05) is 78.9 Å². The van der Waals surface area contributed by atoms with Gasteiger partial charge < -0.3 is 9.05 Å². The van der Waals surface area contributed by atoms with Crippen molar-refractivity contribution in [1.82, 2.24) is 0 Å². The van der Waals surface area contributed by atoms with Crippen LogP contribution >= 0.6 is 14.7 Å². The van der Waals surface area contributed by atoms with Gasteiger partial charge in [-0.25, -0.2) is 0 Å². The molecule has 2 heterocycles. The molecule has 0 amide bonds. The van der Waals surface area contributed by atoms with Gasteiger partial charge in [0.2, 0.25) is 0 Å². The highest BCUT2D eigenvalue weighted by molar-refractivity contribution is 7.70. The van der Waals surface area contributed by atoms with E-state index < -0.39 is 14.7 Å². The predicted octanol–water partition coefficient (Wildman–Crippen LogP) is 8.03. The van der Waals surface area contributed by atoms with E-state index in [1.165, 1.54) is 5.57 Å². The molecule has 3 aliphatic rings. The van der Waals surface area contributed by atoms with Gasteiger partial charge in [0.25, 0.3) is 14.7 Å². The van der Waals surface area contributed by atoms with E-state index in [2.05, 4.69) is 19.1 Å². The fourth-order valence-electron chi connectivity index (χ4n) is 5.05. The van der Waals surface area contributed by atoms with Gasteiger partial charge in [-0.2, -0.15) is 0 Å². The molecule has 0 radical (unpaired) electrons. The van der Waals surface area contributed by atoms with Crippen molar-refractivity contribution in [1.29, 1.82) is 0 Å². The highest BCUT2D eigenvalue weighted by Crippen LogP contribution is 2.65. The maximum atomic E-state index is 14.6. The summed E-state index contributed by atoms with van der Waals surface area (Å²) in [7, 11) is -6.68. The van der Waals surface area contributed by atoms with Gasteiger partial charge in [0.1, 0.15) is 11.5 Å². The second-order valence-corrected chi connectivity index (χ2v) is 14.0. The maximum absolute atomic E-state index is 14.6. The topological polar surface area (TPSA) is 52.6 Å². The lowest BCUT2D eigenvalue weighted by atomic mass is 10.0. The van der Waals surface area contributed by atoms with Crippen LogP contribution in [0.3, 0.4) is 0 Å². The Morgan fingerprint density at radius 2 is 1.34 bits per heavy atom. The Kier molecular flexibility index (Phi) is 5.48. The van der Waals surface area contributed by atoms with E-state index in [4.69, 9.17) is 9.05 Å². The first-order valence-corrected chi connectivity index (χ1v) is 15.6. The minimum atomic E-state index is -3.36. The van der Waals surface area contributed by atoms with Gasteiger partial charge in [0, 0.05) is 23.5 Å². The molecule has 35 heavy (non-hydrogen) atoms. The quantitative estimate of drug-likeness (QED) is 0.340. The molecule has 4 nitrogen and oxygen atoms in total. The van der Waals surface area contributed by atoms with E-state index in [0.29, 0.717) is 16.8 Å². The van der Waals surface area contributed by atoms with Crippen molar-refractivity contribution in [3.63, 3.8) is 0 Å². The van der Waals surface area contributed by atoms with E-state index in [9.17, 15) is 9.13 Å². The van der Waals surface area contributed by atoms with Gasteiger partial charge in [-0.1, -0.05) is 79.2 Å². The third-order valence-corrected chi connectivity index (χ3v) is 12.1. The van der Waals surface area contributed by atoms with E-state index in [1.54, 1.807) is 0 Å². The van der Waals surface area contributed by atoms with Crippen molar-refractivity contribution in [3.05, 3.63) is 107 Å². The van der Waals surface area contributed by atoms with Gasteiger partial charge >= 0.3 is 0 Å². The summed E-state index contributed by atoms with van der Waals surface area (Å²) in [5.74, 6) is 1.22. The standard InChI is InChI=1S/C29H26O4P2/c1-2-21-10-9-14-25-23-12-4-7-16-27(23)33-35(31,29(25)20-21)19-18-34(30)28-17-8-5-13-24(28)22-11-3-6-15-26(22)32-34/h3-9,11-17,20H,2,10,18-19H2,1H3. The van der Waals surface area contributed by atoms with Crippen LogP contribution in [0.2, 0.25) is 0 Å². The molecule has 0 N–H and O–H groups in total. The maximum Gasteiger partial charge on any atom is 0.278 e. The Morgan fingerprint density at radius 1 is 0.743 bits per heavy atom. The molecule has 3 aromatic carbocycles. The van der Waals surface area contributed by atoms with Crippen molar-refractivity contribution in [2.45, 2.75) is 19.8 Å². The van der Waals surface area contributed by atoms with Crippen LogP contribution in [0.25, 0.3) is 16.7 Å². The molecule has 176 valence electrons. The van der Waals surface area contributed by atoms with Gasteiger partial charge in [-0.05, 0) is 48.3 Å². The zero-order chi connectivity index (χ0) is 24.0. The highest BCUT2D eigenvalue weighted by Gasteiger charge is 2.42. The van der Waals surface area contributed by atoms with Crippen molar-refractivity contribution in [3.8, 4) is 22.6 Å². The summed E-state index contributed by atoms with van der Waals surface area (Å²) in [6.07, 6.45) is 8.19. The minimum Gasteiger partial charge on any atom is -0.439 e. The number of hydrogen-bond acceptors (Lipinski definition) is 4. The summed E-state index contributed by atoms with van der Waals surface area (Å²) < 4.78 is 41.4. The first-order valence-electron chi connectivity index (χ1n) is 12.0. The predicted molar refractivity (Wildman–Crippen MR) is 143 cm³/mol. The SMILES string of the molecule is CCC1=CC2=C(C=CC1)c1ccccc1OP2(=O)CCP1(=O)Oc2ccccc2-c2ccccc21. The Labute approximate surface area is 205 Å². The summed E-state index contributed by atoms with van der Waals surface area (Å²) >= 11 is 0. The van der Waals surface area contributed by atoms with Crippen LogP contribution in [0.5, 0.6) is 11.5 Å². The van der Waals surface area contributed by atoms with Crippen LogP contribution in [0, 0.1) is 0 Å². The summed E-state index contributed by atoms with van der Waals surface area (Å²) in [5.41, 5.74) is 4.93. The highest BCUT2D eigenvalue weighted by atomic mass is 31.2. The third-order valence-electron chi connectivity index (χ3n) is 6.91. The second-order valence-electron chi connectivity index (χ2n) is 9.05. The molecular formula is C29H26O4P2. The van der Waals surface area contributed by atoms with Crippen LogP contribution in [-0.4, -0.2) is 12.3 Å². The molecule has 0 saturated carbocycles. The molecule has 0 aromatic heterocycles. The Morgan fingerprint density at radius 3 is 2.11 bits per heavy atom. The lowest BCUT2D eigenvalue weighted by Gasteiger charge is -2.32. The molecule has 0 saturated heterocycles. The lowest BCUT2D eigenvalue weighted by Crippen LogP contribution is -2.22. The van der Waals surface area contributed by atoms with E-state index in [-0.39, 0.29) is 12.3 Å². The average Bonchev–Trinajstić information content (AvgIpc) is 3.12. The fraction of sp³-hybridized carbons (Fsp3) is 0.172. The summed E-state index contributed by atoms with van der Waals surface area (Å²) in [6.45, 7) is 2.11. The smallest absolute Gasteiger partial charge is 0.278 e. The molecule has 0 bridgehead atoms. The van der Waals surface area contributed by atoms with Crippen LogP contribution in [-0.2, 0) is 9.13 Å². The summed E-state index contributed by atoms with van der Waals surface area (Å²) in [4.78, 5) is 0. The first kappa shape index (κ1) is 22.4. The Bertz CT molecular complexity index is 1530. The van der Waals surface area contributed by atoms with E-state index >= 15 is 0 Å². The molecular weight excluding hydrogens is 474 g/mol. The zero-order valence-corrected chi connectivity index (χ0v) is 21.3. The van der Waals surface area contributed by atoms with Crippen LogP contribution in [0.4, 0.5) is 0 Å². The second kappa shape index (κ2) is 8.55. The third kappa shape index (κ3) is 3.77. The molecule has 2 unspecified atom stereocenters. The van der Waals surface area contributed by atoms with Crippen LogP contribution in [0.15, 0.2) is 102 Å². The number of para-hydroxylation sites is 2. The molecule has 2 atom stereocenters. The zero-order valence-electron chi connectivity index (χ0n) is 19.5. The summed E-state index contributed by atoms with van der Waals surface area (Å²) in [5, 5.41) is 1.40. The number of allylic oxidation sites excluding steroid dienone is 6. The summed E-state index contributed by atoms with van der Waals surface area (Å²) in [6, 6.07) is 23.1. The molecule has 0 spiro atoms. The number of hydrogen-bond donors (Lipinski definition) is 0. The largest absolute Gasteiger partial charge is 0.439 e. The Balaban J connectivity index is 1.42. The minimum absolute atomic E-state index is 0.133. The van der Waals surface area contributed by atoms with Gasteiger partial charge in [-0.15, -0.1) is 0 Å². The van der Waals surface area contributed by atoms with Crippen molar-refractivity contribution in [2.75, 3.05) is 12.3 Å². The van der Waals surface area contributed by atoms with E-state index in [0.717, 1.165) is 40.4 Å². The molecule has 6 heteroatoms. The molecule has 2 aliphatic heterocycles. The molecule has 6 rings (SSSR count). The number of rotatable bonds is 4. The number of fused-ring (bicyclic) bond motifs is 5. The van der Waals surface area contributed by atoms with Crippen molar-refractivity contribution in [2.24, 2.45) is 0 Å². The number of benzene rings is 3.